The van der Waals surface area contributed by atoms with Gasteiger partial charge in [0.1, 0.15) is 0 Å². The molecule has 0 radical (unpaired) electrons. The first-order valence-corrected chi connectivity index (χ1v) is 6.75. The van der Waals surface area contributed by atoms with Gasteiger partial charge in [-0.05, 0) is 24.6 Å². The van der Waals surface area contributed by atoms with Crippen LogP contribution in [-0.2, 0) is 13.1 Å². The number of nitrogens with zero attached hydrogens (tertiary/aromatic N) is 2. The molecule has 5 heteroatoms. The van der Waals surface area contributed by atoms with E-state index >= 15 is 0 Å². The van der Waals surface area contributed by atoms with Crippen molar-refractivity contribution in [1.82, 2.24) is 9.78 Å². The fourth-order valence-electron chi connectivity index (χ4n) is 2.06. The summed E-state index contributed by atoms with van der Waals surface area (Å²) in [6.07, 6.45) is 2.91. The Morgan fingerprint density at radius 2 is 1.95 bits per heavy atom. The number of nitrogens with one attached hydrogen (secondary N) is 1. The molecule has 5 nitrogen and oxygen atoms in total. The molecular formula is C15H21N3O2. The van der Waals surface area contributed by atoms with Gasteiger partial charge in [-0.2, -0.15) is 5.10 Å². The smallest absolute Gasteiger partial charge is 0.162 e. The number of aryl methyl sites for hydroxylation is 1. The van der Waals surface area contributed by atoms with Crippen LogP contribution in [0.1, 0.15) is 19.0 Å². The lowest BCUT2D eigenvalue weighted by Crippen LogP contribution is -2.09. The summed E-state index contributed by atoms with van der Waals surface area (Å²) < 4.78 is 12.5. The summed E-state index contributed by atoms with van der Waals surface area (Å²) in [5.41, 5.74) is 2.16. The van der Waals surface area contributed by atoms with Crippen LogP contribution in [-0.4, -0.2) is 24.0 Å². The summed E-state index contributed by atoms with van der Waals surface area (Å²) in [5, 5.41) is 7.69. The molecule has 0 fully saturated rings. The fourth-order valence-corrected chi connectivity index (χ4v) is 2.06. The Balaban J connectivity index is 2.05. The molecule has 1 aromatic heterocycles. The van der Waals surface area contributed by atoms with Crippen LogP contribution in [0.5, 0.6) is 11.5 Å². The van der Waals surface area contributed by atoms with Crippen molar-refractivity contribution >= 4 is 5.69 Å². The largest absolute Gasteiger partial charge is 0.493 e. The monoisotopic (exact) mass is 275 g/mol. The Hall–Kier alpha value is -2.17. The van der Waals surface area contributed by atoms with E-state index in [0.717, 1.165) is 36.7 Å². The third-order valence-electron chi connectivity index (χ3n) is 3.10. The summed E-state index contributed by atoms with van der Waals surface area (Å²) in [4.78, 5) is 0. The molecule has 0 aliphatic carbocycles. The maximum Gasteiger partial charge on any atom is 0.162 e. The second kappa shape index (κ2) is 6.84. The Kier molecular flexibility index (Phi) is 4.87. The van der Waals surface area contributed by atoms with Crippen LogP contribution in [0, 0.1) is 0 Å². The van der Waals surface area contributed by atoms with Gasteiger partial charge in [-0.1, -0.05) is 6.92 Å². The topological polar surface area (TPSA) is 48.3 Å². The molecule has 1 N–H and O–H groups in total. The maximum atomic E-state index is 5.29. The van der Waals surface area contributed by atoms with Crippen molar-refractivity contribution in [3.05, 3.63) is 36.2 Å². The number of benzene rings is 1. The molecule has 1 heterocycles. The summed E-state index contributed by atoms with van der Waals surface area (Å²) in [7, 11) is 3.27. The SMILES string of the molecule is CCCn1nccc1CNc1ccc(OC)c(OC)c1. The van der Waals surface area contributed by atoms with Crippen LogP contribution in [0.25, 0.3) is 0 Å². The first-order valence-electron chi connectivity index (χ1n) is 6.75. The molecule has 0 aliphatic rings. The lowest BCUT2D eigenvalue weighted by Gasteiger charge is -2.12. The number of ether oxygens (including phenoxy) is 2. The van der Waals surface area contributed by atoms with Crippen molar-refractivity contribution in [2.24, 2.45) is 0 Å². The van der Waals surface area contributed by atoms with Crippen LogP contribution in [0.2, 0.25) is 0 Å². The summed E-state index contributed by atoms with van der Waals surface area (Å²) in [6, 6.07) is 7.83. The Morgan fingerprint density at radius 3 is 2.65 bits per heavy atom. The molecule has 0 saturated carbocycles. The predicted octanol–water partition coefficient (Wildman–Crippen LogP) is 2.92. The van der Waals surface area contributed by atoms with E-state index in [9.17, 15) is 0 Å². The third kappa shape index (κ3) is 3.23. The van der Waals surface area contributed by atoms with Crippen molar-refractivity contribution in [2.45, 2.75) is 26.4 Å². The predicted molar refractivity (Wildman–Crippen MR) is 79.4 cm³/mol. The first kappa shape index (κ1) is 14.2. The summed E-state index contributed by atoms with van der Waals surface area (Å²) >= 11 is 0. The van der Waals surface area contributed by atoms with Crippen LogP contribution in [0.3, 0.4) is 0 Å². The highest BCUT2D eigenvalue weighted by Gasteiger charge is 2.05. The Morgan fingerprint density at radius 1 is 1.15 bits per heavy atom. The van der Waals surface area contributed by atoms with E-state index in [-0.39, 0.29) is 0 Å². The Bertz CT molecular complexity index is 552. The molecule has 0 unspecified atom stereocenters. The van der Waals surface area contributed by atoms with Crippen molar-refractivity contribution in [3.63, 3.8) is 0 Å². The quantitative estimate of drug-likeness (QED) is 0.844. The van der Waals surface area contributed by atoms with E-state index < -0.39 is 0 Å². The number of methoxy groups -OCH3 is 2. The van der Waals surface area contributed by atoms with E-state index in [1.807, 2.05) is 35.1 Å². The zero-order valence-corrected chi connectivity index (χ0v) is 12.2. The number of aromatic nitrogens is 2. The normalized spacial score (nSPS) is 10.3. The van der Waals surface area contributed by atoms with Crippen LogP contribution in [0.4, 0.5) is 5.69 Å². The number of hydrogen-bond donors (Lipinski definition) is 1. The van der Waals surface area contributed by atoms with Crippen LogP contribution >= 0.6 is 0 Å². The zero-order chi connectivity index (χ0) is 14.4. The average Bonchev–Trinajstić information content (AvgIpc) is 2.92. The van der Waals surface area contributed by atoms with E-state index in [1.165, 1.54) is 5.69 Å². The average molecular weight is 275 g/mol. The molecule has 108 valence electrons. The molecular weight excluding hydrogens is 254 g/mol. The highest BCUT2D eigenvalue weighted by molar-refractivity contribution is 5.54. The van der Waals surface area contributed by atoms with Crippen molar-refractivity contribution in [1.29, 1.82) is 0 Å². The number of hydrogen-bond acceptors (Lipinski definition) is 4. The standard InChI is InChI=1S/C15H21N3O2/c1-4-9-18-13(7-8-17-18)11-16-12-5-6-14(19-2)15(10-12)20-3/h5-8,10,16H,4,9,11H2,1-3H3. The van der Waals surface area contributed by atoms with Crippen LogP contribution < -0.4 is 14.8 Å². The van der Waals surface area contributed by atoms with E-state index in [1.54, 1.807) is 14.2 Å². The van der Waals surface area contributed by atoms with E-state index in [0.29, 0.717) is 0 Å². The summed E-state index contributed by atoms with van der Waals surface area (Å²) in [5.74, 6) is 1.45. The minimum Gasteiger partial charge on any atom is -0.493 e. The minimum atomic E-state index is 0.722. The van der Waals surface area contributed by atoms with Crippen molar-refractivity contribution in [3.8, 4) is 11.5 Å². The molecule has 2 rings (SSSR count). The fraction of sp³-hybridized carbons (Fsp3) is 0.400. The van der Waals surface area contributed by atoms with Crippen LogP contribution in [0.15, 0.2) is 30.5 Å². The van der Waals surface area contributed by atoms with Gasteiger partial charge in [-0.25, -0.2) is 0 Å². The van der Waals surface area contributed by atoms with Gasteiger partial charge >= 0.3 is 0 Å². The molecule has 20 heavy (non-hydrogen) atoms. The van der Waals surface area contributed by atoms with E-state index in [2.05, 4.69) is 17.3 Å². The first-order chi connectivity index (χ1) is 9.78. The molecule has 0 spiro atoms. The third-order valence-corrected chi connectivity index (χ3v) is 3.10. The second-order valence-corrected chi connectivity index (χ2v) is 4.47. The summed E-state index contributed by atoms with van der Waals surface area (Å²) in [6.45, 7) is 3.82. The highest BCUT2D eigenvalue weighted by atomic mass is 16.5. The molecule has 1 aromatic carbocycles. The van der Waals surface area contributed by atoms with Crippen molar-refractivity contribution in [2.75, 3.05) is 19.5 Å². The molecule has 0 aliphatic heterocycles. The highest BCUT2D eigenvalue weighted by Crippen LogP contribution is 2.29. The van der Waals surface area contributed by atoms with Gasteiger partial charge in [0, 0.05) is 24.5 Å². The maximum absolute atomic E-state index is 5.29. The van der Waals surface area contributed by atoms with Gasteiger partial charge in [0.05, 0.1) is 26.5 Å². The lowest BCUT2D eigenvalue weighted by atomic mass is 10.2. The number of rotatable bonds is 7. The molecule has 0 atom stereocenters. The molecule has 0 amide bonds. The lowest BCUT2D eigenvalue weighted by molar-refractivity contribution is 0.355. The second-order valence-electron chi connectivity index (χ2n) is 4.47. The van der Waals surface area contributed by atoms with Gasteiger partial charge < -0.3 is 14.8 Å². The van der Waals surface area contributed by atoms with Gasteiger partial charge in [-0.3, -0.25) is 4.68 Å². The number of anilines is 1. The van der Waals surface area contributed by atoms with E-state index in [4.69, 9.17) is 9.47 Å². The van der Waals surface area contributed by atoms with Gasteiger partial charge in [0.15, 0.2) is 11.5 Å². The molecule has 0 bridgehead atoms. The van der Waals surface area contributed by atoms with Crippen molar-refractivity contribution < 1.29 is 9.47 Å². The van der Waals surface area contributed by atoms with Gasteiger partial charge in [0.25, 0.3) is 0 Å². The Labute approximate surface area is 119 Å². The molecule has 2 aromatic rings. The van der Waals surface area contributed by atoms with Gasteiger partial charge in [0.2, 0.25) is 0 Å². The van der Waals surface area contributed by atoms with Gasteiger partial charge in [-0.15, -0.1) is 0 Å². The zero-order valence-electron chi connectivity index (χ0n) is 12.2. The minimum absolute atomic E-state index is 0.722. The molecule has 0 saturated heterocycles.